The number of alkyl halides is 3. The Morgan fingerprint density at radius 3 is 2.61 bits per heavy atom. The molecule has 0 unspecified atom stereocenters. The Bertz CT molecular complexity index is 638. The first kappa shape index (κ1) is 17.0. The zero-order valence-electron chi connectivity index (χ0n) is 12.7. The van der Waals surface area contributed by atoms with Gasteiger partial charge in [0.05, 0.1) is 0 Å². The topological polar surface area (TPSA) is 80.3 Å². The molecule has 1 atom stereocenters. The van der Waals surface area contributed by atoms with Gasteiger partial charge in [0, 0.05) is 18.3 Å². The van der Waals surface area contributed by atoms with Crippen LogP contribution in [0.3, 0.4) is 0 Å². The van der Waals surface area contributed by atoms with Crippen molar-refractivity contribution >= 4 is 17.7 Å². The molecule has 0 radical (unpaired) electrons. The Balaban J connectivity index is 2.12. The van der Waals surface area contributed by atoms with Crippen LogP contribution in [-0.4, -0.2) is 28.6 Å². The third-order valence-corrected chi connectivity index (χ3v) is 2.97. The summed E-state index contributed by atoms with van der Waals surface area (Å²) in [4.78, 5) is 27.0. The zero-order chi connectivity index (χ0) is 17.4. The summed E-state index contributed by atoms with van der Waals surface area (Å²) < 4.78 is 42.9. The molecule has 0 fully saturated rings. The van der Waals surface area contributed by atoms with Gasteiger partial charge in [-0.25, -0.2) is 4.79 Å². The molecule has 0 bridgehead atoms. The Hall–Kier alpha value is -2.32. The standard InChI is InChI=1S/C14H16F3N3O3/c1-13(2,3)23-12(22)20-9-4-7-6-18-10(14(15,16)17)5-8(7)19-11(9)21/h5-6,9H,4H2,1-3H3,(H,19,21)(H,20,22)/t9-/m1/s1. The van der Waals surface area contributed by atoms with E-state index >= 15 is 0 Å². The first-order valence-electron chi connectivity index (χ1n) is 6.82. The van der Waals surface area contributed by atoms with Gasteiger partial charge in [0.2, 0.25) is 5.91 Å². The maximum atomic E-state index is 12.6. The Kier molecular flexibility index (Phi) is 4.23. The van der Waals surface area contributed by atoms with Crippen molar-refractivity contribution in [2.75, 3.05) is 5.32 Å². The number of carbonyl (C=O) groups excluding carboxylic acids is 2. The average Bonchev–Trinajstić information content (AvgIpc) is 2.35. The quantitative estimate of drug-likeness (QED) is 0.828. The largest absolute Gasteiger partial charge is 0.444 e. The van der Waals surface area contributed by atoms with E-state index in [0.717, 1.165) is 12.3 Å². The number of rotatable bonds is 1. The summed E-state index contributed by atoms with van der Waals surface area (Å²) in [5.74, 6) is -0.609. The van der Waals surface area contributed by atoms with Crippen LogP contribution in [0.2, 0.25) is 0 Å². The van der Waals surface area contributed by atoms with Crippen LogP contribution in [0.1, 0.15) is 32.0 Å². The number of hydrogen-bond donors (Lipinski definition) is 2. The molecule has 0 saturated carbocycles. The van der Waals surface area contributed by atoms with E-state index in [1.807, 2.05) is 0 Å². The lowest BCUT2D eigenvalue weighted by atomic mass is 10.0. The Morgan fingerprint density at radius 1 is 1.39 bits per heavy atom. The first-order chi connectivity index (χ1) is 10.5. The first-order valence-corrected chi connectivity index (χ1v) is 6.82. The van der Waals surface area contributed by atoms with Crippen LogP contribution in [0.5, 0.6) is 0 Å². The number of nitrogens with zero attached hydrogens (tertiary/aromatic N) is 1. The predicted molar refractivity (Wildman–Crippen MR) is 74.7 cm³/mol. The van der Waals surface area contributed by atoms with Crippen molar-refractivity contribution in [2.24, 2.45) is 0 Å². The van der Waals surface area contributed by atoms with Crippen LogP contribution in [0, 0.1) is 0 Å². The second kappa shape index (κ2) is 5.71. The van der Waals surface area contributed by atoms with Crippen LogP contribution in [-0.2, 0) is 22.1 Å². The van der Waals surface area contributed by atoms with E-state index in [1.54, 1.807) is 20.8 Å². The second-order valence-corrected chi connectivity index (χ2v) is 6.12. The van der Waals surface area contributed by atoms with Crippen molar-refractivity contribution in [1.82, 2.24) is 10.3 Å². The molecule has 2 amide bonds. The highest BCUT2D eigenvalue weighted by atomic mass is 19.4. The lowest BCUT2D eigenvalue weighted by Crippen LogP contribution is -2.49. The lowest BCUT2D eigenvalue weighted by Gasteiger charge is -2.27. The molecule has 0 aromatic carbocycles. The minimum absolute atomic E-state index is 0.0333. The number of ether oxygens (including phenoxy) is 1. The van der Waals surface area contributed by atoms with Gasteiger partial charge in [0.15, 0.2) is 0 Å². The number of nitrogens with one attached hydrogen (secondary N) is 2. The smallest absolute Gasteiger partial charge is 0.433 e. The molecular formula is C14H16F3N3O3. The highest BCUT2D eigenvalue weighted by molar-refractivity contribution is 5.99. The molecule has 0 aliphatic carbocycles. The SMILES string of the molecule is CC(C)(C)OC(=O)N[C@@H]1Cc2cnc(C(F)(F)F)cc2NC1=O. The van der Waals surface area contributed by atoms with E-state index in [4.69, 9.17) is 4.74 Å². The Morgan fingerprint density at radius 2 is 2.04 bits per heavy atom. The molecule has 2 rings (SSSR count). The molecular weight excluding hydrogens is 315 g/mol. The van der Waals surface area contributed by atoms with Crippen LogP contribution < -0.4 is 10.6 Å². The van der Waals surface area contributed by atoms with E-state index in [-0.39, 0.29) is 12.1 Å². The molecule has 23 heavy (non-hydrogen) atoms. The third-order valence-electron chi connectivity index (χ3n) is 2.97. The number of pyridine rings is 1. The van der Waals surface area contributed by atoms with Gasteiger partial charge in [-0.3, -0.25) is 9.78 Å². The molecule has 1 aliphatic heterocycles. The van der Waals surface area contributed by atoms with Gasteiger partial charge >= 0.3 is 12.3 Å². The fourth-order valence-corrected chi connectivity index (χ4v) is 2.02. The number of alkyl carbamates (subject to hydrolysis) is 1. The number of halogens is 3. The molecule has 0 spiro atoms. The normalized spacial score (nSPS) is 18.0. The number of amides is 2. The fraction of sp³-hybridized carbons (Fsp3) is 0.500. The van der Waals surface area contributed by atoms with Crippen LogP contribution in [0.15, 0.2) is 12.3 Å². The molecule has 1 aromatic heterocycles. The summed E-state index contributed by atoms with van der Waals surface area (Å²) in [6.07, 6.45) is -4.29. The van der Waals surface area contributed by atoms with Crippen molar-refractivity contribution in [3.63, 3.8) is 0 Å². The van der Waals surface area contributed by atoms with Gasteiger partial charge < -0.3 is 15.4 Å². The molecule has 2 N–H and O–H groups in total. The van der Waals surface area contributed by atoms with E-state index in [0.29, 0.717) is 5.56 Å². The van der Waals surface area contributed by atoms with Gasteiger partial charge in [-0.1, -0.05) is 0 Å². The lowest BCUT2D eigenvalue weighted by molar-refractivity contribution is -0.141. The molecule has 126 valence electrons. The number of carbonyl (C=O) groups is 2. The van der Waals surface area contributed by atoms with Gasteiger partial charge in [0.25, 0.3) is 0 Å². The summed E-state index contributed by atoms with van der Waals surface area (Å²) in [6, 6.07) is -0.160. The predicted octanol–water partition coefficient (Wildman–Crippen LogP) is 2.49. The third kappa shape index (κ3) is 4.33. The summed E-state index contributed by atoms with van der Waals surface area (Å²) in [5.41, 5.74) is -1.37. The molecule has 9 heteroatoms. The highest BCUT2D eigenvalue weighted by Gasteiger charge is 2.35. The number of anilines is 1. The summed E-state index contributed by atoms with van der Waals surface area (Å²) >= 11 is 0. The monoisotopic (exact) mass is 331 g/mol. The molecule has 6 nitrogen and oxygen atoms in total. The van der Waals surface area contributed by atoms with Crippen LogP contribution >= 0.6 is 0 Å². The molecule has 2 heterocycles. The average molecular weight is 331 g/mol. The van der Waals surface area contributed by atoms with Gasteiger partial charge in [-0.15, -0.1) is 0 Å². The van der Waals surface area contributed by atoms with E-state index in [9.17, 15) is 22.8 Å². The molecule has 1 aromatic rings. The minimum Gasteiger partial charge on any atom is -0.444 e. The maximum absolute atomic E-state index is 12.6. The summed E-state index contributed by atoms with van der Waals surface area (Å²) in [5, 5.41) is 4.73. The van der Waals surface area contributed by atoms with E-state index in [2.05, 4.69) is 15.6 Å². The highest BCUT2D eigenvalue weighted by Crippen LogP contribution is 2.32. The maximum Gasteiger partial charge on any atom is 0.433 e. The van der Waals surface area contributed by atoms with Gasteiger partial charge in [0.1, 0.15) is 17.3 Å². The second-order valence-electron chi connectivity index (χ2n) is 6.12. The Labute approximate surface area is 130 Å². The van der Waals surface area contributed by atoms with Crippen LogP contribution in [0.25, 0.3) is 0 Å². The number of aromatic nitrogens is 1. The molecule has 1 aliphatic rings. The van der Waals surface area contributed by atoms with Crippen molar-refractivity contribution < 1.29 is 27.5 Å². The van der Waals surface area contributed by atoms with Gasteiger partial charge in [-0.2, -0.15) is 13.2 Å². The number of hydrogen-bond acceptors (Lipinski definition) is 4. The van der Waals surface area contributed by atoms with E-state index in [1.165, 1.54) is 0 Å². The van der Waals surface area contributed by atoms with E-state index < -0.39 is 35.5 Å². The number of fused-ring (bicyclic) bond motifs is 1. The van der Waals surface area contributed by atoms with Crippen molar-refractivity contribution in [3.8, 4) is 0 Å². The van der Waals surface area contributed by atoms with Crippen LogP contribution in [0.4, 0.5) is 23.7 Å². The minimum atomic E-state index is -4.59. The zero-order valence-corrected chi connectivity index (χ0v) is 12.7. The summed E-state index contributed by atoms with van der Waals surface area (Å²) in [6.45, 7) is 5.02. The molecule has 0 saturated heterocycles. The summed E-state index contributed by atoms with van der Waals surface area (Å²) in [7, 11) is 0. The van der Waals surface area contributed by atoms with Crippen molar-refractivity contribution in [1.29, 1.82) is 0 Å². The van der Waals surface area contributed by atoms with Crippen molar-refractivity contribution in [3.05, 3.63) is 23.5 Å². The fourth-order valence-electron chi connectivity index (χ4n) is 2.02. The van der Waals surface area contributed by atoms with Gasteiger partial charge in [-0.05, 0) is 32.4 Å². The van der Waals surface area contributed by atoms with Crippen molar-refractivity contribution in [2.45, 2.75) is 45.0 Å².